The number of piperazine rings is 1. The van der Waals surface area contributed by atoms with E-state index >= 15 is 0 Å². The third kappa shape index (κ3) is 5.35. The fraction of sp³-hybridized carbons (Fsp3) is 0.450. The molecule has 2 aliphatic heterocycles. The Bertz CT molecular complexity index is 1140. The van der Waals surface area contributed by atoms with Crippen LogP contribution in [0.5, 0.6) is 0 Å². The summed E-state index contributed by atoms with van der Waals surface area (Å²) in [5.74, 6) is 0.215. The standard InChI is InChI=1S/C20H25N3O5S3/c24-20(23-9-7-22(8-10-23)17-6-12-30(25,26)15-17)16-3-1-5-19(13-16)31(27,28)21-14-18-4-2-11-29-18/h1-5,11,13,17,21H,6-10,12,14-15H2/t17-/m0/s1. The van der Waals surface area contributed by atoms with Crippen LogP contribution >= 0.6 is 11.3 Å². The van der Waals surface area contributed by atoms with Crippen molar-refractivity contribution in [2.75, 3.05) is 37.7 Å². The van der Waals surface area contributed by atoms with Crippen LogP contribution in [0.1, 0.15) is 21.7 Å². The molecule has 0 bridgehead atoms. The first-order chi connectivity index (χ1) is 14.7. The van der Waals surface area contributed by atoms with E-state index in [4.69, 9.17) is 0 Å². The predicted octanol–water partition coefficient (Wildman–Crippen LogP) is 1.17. The molecule has 168 valence electrons. The highest BCUT2D eigenvalue weighted by molar-refractivity contribution is 7.91. The number of rotatable bonds is 6. The molecule has 4 rings (SSSR count). The summed E-state index contributed by atoms with van der Waals surface area (Å²) in [4.78, 5) is 17.8. The van der Waals surface area contributed by atoms with Gasteiger partial charge in [0.1, 0.15) is 0 Å². The lowest BCUT2D eigenvalue weighted by Crippen LogP contribution is -2.52. The lowest BCUT2D eigenvalue weighted by molar-refractivity contribution is 0.0587. The van der Waals surface area contributed by atoms with Gasteiger partial charge in [-0.1, -0.05) is 12.1 Å². The largest absolute Gasteiger partial charge is 0.336 e. The van der Waals surface area contributed by atoms with Crippen molar-refractivity contribution in [3.63, 3.8) is 0 Å². The molecule has 2 fully saturated rings. The second kappa shape index (κ2) is 8.99. The highest BCUT2D eigenvalue weighted by Gasteiger charge is 2.34. The first-order valence-corrected chi connectivity index (χ1v) is 14.3. The number of hydrogen-bond donors (Lipinski definition) is 1. The van der Waals surface area contributed by atoms with E-state index in [9.17, 15) is 21.6 Å². The highest BCUT2D eigenvalue weighted by Crippen LogP contribution is 2.21. The minimum Gasteiger partial charge on any atom is -0.336 e. The van der Waals surface area contributed by atoms with E-state index < -0.39 is 19.9 Å². The SMILES string of the molecule is O=C(c1cccc(S(=O)(=O)NCc2cccs2)c1)N1CCN([C@H]2CCS(=O)(=O)C2)CC1. The van der Waals surface area contributed by atoms with Crippen LogP contribution in [0.4, 0.5) is 0 Å². The van der Waals surface area contributed by atoms with E-state index in [0.29, 0.717) is 38.2 Å². The van der Waals surface area contributed by atoms with Gasteiger partial charge in [-0.3, -0.25) is 9.69 Å². The average molecular weight is 484 g/mol. The maximum atomic E-state index is 13.0. The molecule has 1 amide bonds. The molecule has 0 spiro atoms. The van der Waals surface area contributed by atoms with Gasteiger partial charge >= 0.3 is 0 Å². The number of sulfone groups is 1. The van der Waals surface area contributed by atoms with Gasteiger partial charge in [0.25, 0.3) is 5.91 Å². The quantitative estimate of drug-likeness (QED) is 0.662. The van der Waals surface area contributed by atoms with Crippen molar-refractivity contribution >= 4 is 37.1 Å². The smallest absolute Gasteiger partial charge is 0.253 e. The lowest BCUT2D eigenvalue weighted by Gasteiger charge is -2.37. The summed E-state index contributed by atoms with van der Waals surface area (Å²) in [6.45, 7) is 2.42. The van der Waals surface area contributed by atoms with E-state index in [1.807, 2.05) is 17.5 Å². The number of hydrogen-bond acceptors (Lipinski definition) is 7. The van der Waals surface area contributed by atoms with Crippen LogP contribution in [-0.2, 0) is 26.4 Å². The second-order valence-electron chi connectivity index (χ2n) is 7.82. The summed E-state index contributed by atoms with van der Waals surface area (Å²) in [5.41, 5.74) is 0.330. The first kappa shape index (κ1) is 22.4. The monoisotopic (exact) mass is 483 g/mol. The molecule has 1 aromatic carbocycles. The fourth-order valence-electron chi connectivity index (χ4n) is 4.00. The van der Waals surface area contributed by atoms with E-state index in [2.05, 4.69) is 9.62 Å². The maximum Gasteiger partial charge on any atom is 0.253 e. The van der Waals surface area contributed by atoms with Gasteiger partial charge in [-0.05, 0) is 36.1 Å². The minimum atomic E-state index is -3.73. The number of carbonyl (C=O) groups is 1. The van der Waals surface area contributed by atoms with Crippen LogP contribution in [-0.4, -0.2) is 76.3 Å². The maximum absolute atomic E-state index is 13.0. The Labute approximate surface area is 186 Å². The zero-order valence-electron chi connectivity index (χ0n) is 16.9. The molecule has 0 radical (unpaired) electrons. The van der Waals surface area contributed by atoms with E-state index in [1.54, 1.807) is 17.0 Å². The van der Waals surface area contributed by atoms with Crippen molar-refractivity contribution in [1.29, 1.82) is 0 Å². The molecule has 2 saturated heterocycles. The molecule has 1 atom stereocenters. The predicted molar refractivity (Wildman–Crippen MR) is 119 cm³/mol. The van der Waals surface area contributed by atoms with Gasteiger partial charge in [-0.15, -0.1) is 11.3 Å². The van der Waals surface area contributed by atoms with Crippen molar-refractivity contribution < 1.29 is 21.6 Å². The third-order valence-electron chi connectivity index (χ3n) is 5.73. The van der Waals surface area contributed by atoms with E-state index in [0.717, 1.165) is 4.88 Å². The number of carbonyl (C=O) groups excluding carboxylic acids is 1. The summed E-state index contributed by atoms with van der Waals surface area (Å²) in [5, 5.41) is 1.88. The van der Waals surface area contributed by atoms with Crippen molar-refractivity contribution in [1.82, 2.24) is 14.5 Å². The number of nitrogens with one attached hydrogen (secondary N) is 1. The van der Waals surface area contributed by atoms with Crippen LogP contribution in [0.3, 0.4) is 0 Å². The molecule has 0 saturated carbocycles. The van der Waals surface area contributed by atoms with Crippen molar-refractivity contribution in [2.24, 2.45) is 0 Å². The van der Waals surface area contributed by atoms with Gasteiger partial charge in [-0.2, -0.15) is 0 Å². The van der Waals surface area contributed by atoms with Gasteiger partial charge in [0.2, 0.25) is 10.0 Å². The minimum absolute atomic E-state index is 0.0325. The van der Waals surface area contributed by atoms with Crippen LogP contribution in [0.15, 0.2) is 46.7 Å². The molecule has 31 heavy (non-hydrogen) atoms. The lowest BCUT2D eigenvalue weighted by atomic mass is 10.1. The van der Waals surface area contributed by atoms with Crippen LogP contribution in [0, 0.1) is 0 Å². The molecule has 1 aromatic heterocycles. The Kier molecular flexibility index (Phi) is 6.50. The summed E-state index contributed by atoms with van der Waals surface area (Å²) in [6, 6.07) is 9.83. The molecular weight excluding hydrogens is 458 g/mol. The number of amides is 1. The Morgan fingerprint density at radius 3 is 2.55 bits per heavy atom. The van der Waals surface area contributed by atoms with Gasteiger partial charge in [0.05, 0.1) is 16.4 Å². The molecule has 0 unspecified atom stereocenters. The Morgan fingerprint density at radius 2 is 1.90 bits per heavy atom. The number of thiophene rings is 1. The molecular formula is C20H25N3O5S3. The molecule has 1 N–H and O–H groups in total. The second-order valence-corrected chi connectivity index (χ2v) is 12.8. The molecule has 3 heterocycles. The zero-order chi connectivity index (χ0) is 22.1. The highest BCUT2D eigenvalue weighted by atomic mass is 32.2. The number of sulfonamides is 1. The Balaban J connectivity index is 1.38. The summed E-state index contributed by atoms with van der Waals surface area (Å²) in [6.07, 6.45) is 0.647. The Hall–Kier alpha value is -1.79. The summed E-state index contributed by atoms with van der Waals surface area (Å²) in [7, 11) is -6.67. The molecule has 8 nitrogen and oxygen atoms in total. The zero-order valence-corrected chi connectivity index (χ0v) is 19.4. The van der Waals surface area contributed by atoms with Gasteiger partial charge in [0.15, 0.2) is 9.84 Å². The van der Waals surface area contributed by atoms with Gasteiger partial charge in [0, 0.05) is 49.2 Å². The first-order valence-electron chi connectivity index (χ1n) is 10.1. The van der Waals surface area contributed by atoms with E-state index in [-0.39, 0.29) is 34.9 Å². The molecule has 2 aromatic rings. The van der Waals surface area contributed by atoms with Crippen molar-refractivity contribution in [2.45, 2.75) is 23.9 Å². The molecule has 11 heteroatoms. The van der Waals surface area contributed by atoms with Crippen molar-refractivity contribution in [3.8, 4) is 0 Å². The normalized spacial score (nSPS) is 21.9. The third-order valence-corrected chi connectivity index (χ3v) is 9.76. The average Bonchev–Trinajstić information content (AvgIpc) is 3.41. The molecule has 2 aliphatic rings. The van der Waals surface area contributed by atoms with Crippen LogP contribution in [0.25, 0.3) is 0 Å². The van der Waals surface area contributed by atoms with Gasteiger partial charge in [-0.25, -0.2) is 21.6 Å². The van der Waals surface area contributed by atoms with Crippen molar-refractivity contribution in [3.05, 3.63) is 52.2 Å². The van der Waals surface area contributed by atoms with Crippen LogP contribution in [0.2, 0.25) is 0 Å². The fourth-order valence-corrected chi connectivity index (χ4v) is 7.54. The topological polar surface area (TPSA) is 104 Å². The summed E-state index contributed by atoms with van der Waals surface area (Å²) >= 11 is 1.47. The molecule has 0 aliphatic carbocycles. The number of nitrogens with zero attached hydrogens (tertiary/aromatic N) is 2. The van der Waals surface area contributed by atoms with E-state index in [1.165, 1.54) is 23.5 Å². The Morgan fingerprint density at radius 1 is 1.13 bits per heavy atom. The number of benzene rings is 1. The van der Waals surface area contributed by atoms with Gasteiger partial charge < -0.3 is 4.90 Å². The summed E-state index contributed by atoms with van der Waals surface area (Å²) < 4.78 is 51.3. The van der Waals surface area contributed by atoms with Crippen LogP contribution < -0.4 is 4.72 Å².